The normalized spacial score (nSPS) is 10.5. The zero-order valence-electron chi connectivity index (χ0n) is 16.8. The van der Waals surface area contributed by atoms with Crippen molar-refractivity contribution in [2.45, 2.75) is 19.4 Å². The topological polar surface area (TPSA) is 102 Å². The Morgan fingerprint density at radius 2 is 1.65 bits per heavy atom. The van der Waals surface area contributed by atoms with Gasteiger partial charge in [0.1, 0.15) is 11.5 Å². The van der Waals surface area contributed by atoms with Gasteiger partial charge in [-0.1, -0.05) is 35.9 Å². The minimum absolute atomic E-state index is 0.0743. The summed E-state index contributed by atoms with van der Waals surface area (Å²) in [7, 11) is 0. The Bertz CT molecular complexity index is 1050. The molecule has 3 aromatic carbocycles. The van der Waals surface area contributed by atoms with Crippen molar-refractivity contribution in [1.82, 2.24) is 5.32 Å². The number of benzene rings is 3. The molecule has 0 saturated carbocycles. The Balaban J connectivity index is 1.57. The molecule has 0 aliphatic rings. The molecule has 1 amide bonds. The maximum atomic E-state index is 12.3. The van der Waals surface area contributed by atoms with E-state index in [1.807, 2.05) is 24.3 Å². The molecule has 0 fully saturated rings. The Hall–Kier alpha value is -3.35. The van der Waals surface area contributed by atoms with Crippen LogP contribution in [0.5, 0.6) is 11.5 Å². The maximum absolute atomic E-state index is 12.3. The molecule has 31 heavy (non-hydrogen) atoms. The number of ether oxygens (including phenoxy) is 1. The molecule has 0 aliphatic carbocycles. The van der Waals surface area contributed by atoms with Crippen LogP contribution in [0, 0.1) is 0 Å². The molecule has 0 spiro atoms. The van der Waals surface area contributed by atoms with Gasteiger partial charge in [-0.05, 0) is 60.0 Å². The molecule has 0 bridgehead atoms. The van der Waals surface area contributed by atoms with Gasteiger partial charge < -0.3 is 20.9 Å². The van der Waals surface area contributed by atoms with Crippen LogP contribution in [0.25, 0.3) is 0 Å². The predicted molar refractivity (Wildman–Crippen MR) is 120 cm³/mol. The smallest absolute Gasteiger partial charge is 0.307 e. The number of hydrogen-bond donors (Lipinski definition) is 3. The van der Waals surface area contributed by atoms with Gasteiger partial charge in [-0.25, -0.2) is 0 Å². The first kappa shape index (κ1) is 22.3. The van der Waals surface area contributed by atoms with Gasteiger partial charge in [0.2, 0.25) is 0 Å². The van der Waals surface area contributed by atoms with E-state index < -0.39 is 5.97 Å². The Morgan fingerprint density at radius 3 is 2.29 bits per heavy atom. The van der Waals surface area contributed by atoms with Crippen LogP contribution < -0.4 is 15.8 Å². The molecule has 0 atom stereocenters. The van der Waals surface area contributed by atoms with Crippen LogP contribution in [-0.4, -0.2) is 23.5 Å². The number of carbonyl (C=O) groups is 2. The average molecular weight is 439 g/mol. The Morgan fingerprint density at radius 1 is 0.968 bits per heavy atom. The molecule has 0 unspecified atom stereocenters. The number of amides is 1. The van der Waals surface area contributed by atoms with Crippen molar-refractivity contribution in [1.29, 1.82) is 0 Å². The summed E-state index contributed by atoms with van der Waals surface area (Å²) < 4.78 is 5.87. The van der Waals surface area contributed by atoms with Gasteiger partial charge in [-0.15, -0.1) is 0 Å². The van der Waals surface area contributed by atoms with E-state index in [1.54, 1.807) is 42.5 Å². The van der Waals surface area contributed by atoms with E-state index >= 15 is 0 Å². The lowest BCUT2D eigenvalue weighted by Crippen LogP contribution is -2.25. The Kier molecular flexibility index (Phi) is 7.65. The van der Waals surface area contributed by atoms with Gasteiger partial charge in [0.05, 0.1) is 6.42 Å². The summed E-state index contributed by atoms with van der Waals surface area (Å²) >= 11 is 5.87. The number of carboxylic acid groups (broad SMARTS) is 1. The van der Waals surface area contributed by atoms with Crippen molar-refractivity contribution in [2.75, 3.05) is 6.54 Å². The molecule has 0 saturated heterocycles. The van der Waals surface area contributed by atoms with E-state index in [1.165, 1.54) is 0 Å². The Labute approximate surface area is 185 Å². The van der Waals surface area contributed by atoms with Gasteiger partial charge >= 0.3 is 5.97 Å². The van der Waals surface area contributed by atoms with Crippen LogP contribution in [0.4, 0.5) is 0 Å². The standard InChI is InChI=1S/C24H23ClN2O4/c25-20-6-1-16(2-7-20)11-12-27-24(30)18-4-8-21(9-5-18)31-22-10-3-17(14-23(28)29)13-19(22)15-26/h1-10,13H,11-12,14-15,26H2,(H,27,30)(H,28,29). The fourth-order valence-corrected chi connectivity index (χ4v) is 3.18. The highest BCUT2D eigenvalue weighted by Crippen LogP contribution is 2.26. The van der Waals surface area contributed by atoms with Gasteiger partial charge in [-0.2, -0.15) is 0 Å². The van der Waals surface area contributed by atoms with Crippen LogP contribution in [-0.2, 0) is 24.2 Å². The van der Waals surface area contributed by atoms with E-state index in [0.717, 1.165) is 5.56 Å². The molecular weight excluding hydrogens is 416 g/mol. The van der Waals surface area contributed by atoms with Crippen LogP contribution in [0.3, 0.4) is 0 Å². The van der Waals surface area contributed by atoms with Crippen molar-refractivity contribution in [3.8, 4) is 11.5 Å². The first-order chi connectivity index (χ1) is 14.9. The molecule has 160 valence electrons. The number of aliphatic carboxylic acids is 1. The van der Waals surface area contributed by atoms with Crippen molar-refractivity contribution in [3.05, 3.63) is 94.0 Å². The number of hydrogen-bond acceptors (Lipinski definition) is 4. The van der Waals surface area contributed by atoms with Crippen LogP contribution >= 0.6 is 11.6 Å². The predicted octanol–water partition coefficient (Wildman–Crippen LogP) is 4.19. The number of rotatable bonds is 9. The maximum Gasteiger partial charge on any atom is 0.307 e. The molecule has 0 aromatic heterocycles. The van der Waals surface area contributed by atoms with Gasteiger partial charge in [0, 0.05) is 29.2 Å². The van der Waals surface area contributed by atoms with E-state index in [0.29, 0.717) is 46.2 Å². The number of carboxylic acids is 1. The third-order valence-corrected chi connectivity index (χ3v) is 4.91. The number of nitrogens with two attached hydrogens (primary N) is 1. The van der Waals surface area contributed by atoms with Crippen molar-refractivity contribution < 1.29 is 19.4 Å². The van der Waals surface area contributed by atoms with Crippen LogP contribution in [0.2, 0.25) is 5.02 Å². The minimum Gasteiger partial charge on any atom is -0.481 e. The lowest BCUT2D eigenvalue weighted by Gasteiger charge is -2.12. The molecule has 6 nitrogen and oxygen atoms in total. The quantitative estimate of drug-likeness (QED) is 0.465. The molecule has 0 heterocycles. The SMILES string of the molecule is NCc1cc(CC(=O)O)ccc1Oc1ccc(C(=O)NCCc2ccc(Cl)cc2)cc1. The summed E-state index contributed by atoms with van der Waals surface area (Å²) in [5, 5.41) is 12.5. The van der Waals surface area contributed by atoms with Crippen molar-refractivity contribution >= 4 is 23.5 Å². The zero-order valence-corrected chi connectivity index (χ0v) is 17.6. The highest BCUT2D eigenvalue weighted by atomic mass is 35.5. The fraction of sp³-hybridized carbons (Fsp3) is 0.167. The summed E-state index contributed by atoms with van der Waals surface area (Å²) in [6.07, 6.45) is 0.638. The summed E-state index contributed by atoms with van der Waals surface area (Å²) in [4.78, 5) is 23.2. The van der Waals surface area contributed by atoms with Crippen molar-refractivity contribution in [2.24, 2.45) is 5.73 Å². The third kappa shape index (κ3) is 6.57. The van der Waals surface area contributed by atoms with Crippen LogP contribution in [0.15, 0.2) is 66.7 Å². The molecule has 3 rings (SSSR count). The van der Waals surface area contributed by atoms with Crippen LogP contribution in [0.1, 0.15) is 27.0 Å². The molecule has 0 radical (unpaired) electrons. The third-order valence-electron chi connectivity index (χ3n) is 4.66. The molecule has 3 aromatic rings. The average Bonchev–Trinajstić information content (AvgIpc) is 2.76. The first-order valence-electron chi connectivity index (χ1n) is 9.79. The molecule has 0 aliphatic heterocycles. The number of carbonyl (C=O) groups excluding carboxylic acids is 1. The summed E-state index contributed by atoms with van der Waals surface area (Å²) in [5.41, 5.74) is 8.77. The second-order valence-corrected chi connectivity index (χ2v) is 7.41. The highest BCUT2D eigenvalue weighted by Gasteiger charge is 2.09. The van der Waals surface area contributed by atoms with E-state index in [-0.39, 0.29) is 18.9 Å². The summed E-state index contributed by atoms with van der Waals surface area (Å²) in [6.45, 7) is 0.734. The zero-order chi connectivity index (χ0) is 22.2. The number of nitrogens with one attached hydrogen (secondary N) is 1. The highest BCUT2D eigenvalue weighted by molar-refractivity contribution is 6.30. The van der Waals surface area contributed by atoms with Gasteiger partial charge in [-0.3, -0.25) is 9.59 Å². The fourth-order valence-electron chi connectivity index (χ4n) is 3.05. The summed E-state index contributed by atoms with van der Waals surface area (Å²) in [6, 6.07) is 19.4. The monoisotopic (exact) mass is 438 g/mol. The lowest BCUT2D eigenvalue weighted by molar-refractivity contribution is -0.136. The van der Waals surface area contributed by atoms with E-state index in [9.17, 15) is 9.59 Å². The molecular formula is C24H23ClN2O4. The van der Waals surface area contributed by atoms with E-state index in [4.69, 9.17) is 27.2 Å². The number of halogens is 1. The second-order valence-electron chi connectivity index (χ2n) is 6.98. The summed E-state index contributed by atoms with van der Waals surface area (Å²) in [5.74, 6) is 0.0371. The molecule has 4 N–H and O–H groups in total. The second kappa shape index (κ2) is 10.6. The largest absolute Gasteiger partial charge is 0.481 e. The van der Waals surface area contributed by atoms with Gasteiger partial charge in [0.15, 0.2) is 0 Å². The molecule has 7 heteroatoms. The first-order valence-corrected chi connectivity index (χ1v) is 10.2. The minimum atomic E-state index is -0.904. The van der Waals surface area contributed by atoms with Crippen molar-refractivity contribution in [3.63, 3.8) is 0 Å². The van der Waals surface area contributed by atoms with Gasteiger partial charge in [0.25, 0.3) is 5.91 Å². The lowest BCUT2D eigenvalue weighted by atomic mass is 10.1. The van der Waals surface area contributed by atoms with E-state index in [2.05, 4.69) is 5.32 Å².